The first-order valence-electron chi connectivity index (χ1n) is 10.4. The lowest BCUT2D eigenvalue weighted by Crippen LogP contribution is -2.25. The van der Waals surface area contributed by atoms with Gasteiger partial charge in [0, 0.05) is 36.8 Å². The Morgan fingerprint density at radius 3 is 2.74 bits per heavy atom. The lowest BCUT2D eigenvalue weighted by Gasteiger charge is -2.23. The zero-order chi connectivity index (χ0) is 21.2. The van der Waals surface area contributed by atoms with Gasteiger partial charge in [-0.15, -0.1) is 0 Å². The predicted molar refractivity (Wildman–Crippen MR) is 118 cm³/mol. The van der Waals surface area contributed by atoms with E-state index in [1.54, 1.807) is 6.20 Å². The van der Waals surface area contributed by atoms with Gasteiger partial charge in [0.05, 0.1) is 11.7 Å². The van der Waals surface area contributed by atoms with Gasteiger partial charge in [-0.2, -0.15) is 4.98 Å². The minimum Gasteiger partial charge on any atom is -0.358 e. The number of aryl methyl sites for hydroxylation is 2. The van der Waals surface area contributed by atoms with Crippen molar-refractivity contribution in [3.63, 3.8) is 0 Å². The predicted octanol–water partition coefficient (Wildman–Crippen LogP) is 4.62. The summed E-state index contributed by atoms with van der Waals surface area (Å²) in [5.74, 6) is 2.95. The van der Waals surface area contributed by atoms with Crippen molar-refractivity contribution in [1.29, 1.82) is 0 Å². The number of hydrogen-bond acceptors (Lipinski definition) is 8. The quantitative estimate of drug-likeness (QED) is 0.506. The number of pyridine rings is 2. The molecule has 8 nitrogen and oxygen atoms in total. The Kier molecular flexibility index (Phi) is 5.03. The summed E-state index contributed by atoms with van der Waals surface area (Å²) in [6.07, 6.45) is 5.57. The third-order valence-corrected chi connectivity index (χ3v) is 5.30. The van der Waals surface area contributed by atoms with Crippen LogP contribution < -0.4 is 10.2 Å². The van der Waals surface area contributed by atoms with Gasteiger partial charge in [0.2, 0.25) is 5.95 Å². The van der Waals surface area contributed by atoms with E-state index in [0.717, 1.165) is 59.4 Å². The summed E-state index contributed by atoms with van der Waals surface area (Å²) in [6, 6.07) is 13.6. The van der Waals surface area contributed by atoms with Crippen LogP contribution >= 0.6 is 0 Å². The molecule has 0 aliphatic carbocycles. The van der Waals surface area contributed by atoms with E-state index in [9.17, 15) is 0 Å². The van der Waals surface area contributed by atoms with Gasteiger partial charge in [-0.3, -0.25) is 4.98 Å². The van der Waals surface area contributed by atoms with Crippen molar-refractivity contribution in [3.05, 3.63) is 71.9 Å². The van der Waals surface area contributed by atoms with Gasteiger partial charge in [0.25, 0.3) is 0 Å². The molecule has 4 aromatic heterocycles. The van der Waals surface area contributed by atoms with Crippen LogP contribution in [0, 0.1) is 13.8 Å². The first-order chi connectivity index (χ1) is 15.2. The van der Waals surface area contributed by atoms with Crippen LogP contribution in [0.2, 0.25) is 0 Å². The number of rotatable bonds is 5. The average molecular weight is 413 g/mol. The minimum atomic E-state index is 0.0390. The summed E-state index contributed by atoms with van der Waals surface area (Å²) >= 11 is 0. The van der Waals surface area contributed by atoms with Gasteiger partial charge in [0.1, 0.15) is 17.3 Å². The van der Waals surface area contributed by atoms with Crippen LogP contribution in [0.1, 0.15) is 35.9 Å². The molecule has 1 N–H and O–H groups in total. The third-order valence-electron chi connectivity index (χ3n) is 5.30. The fraction of sp³-hybridized carbons (Fsp3) is 0.261. The molecule has 31 heavy (non-hydrogen) atoms. The van der Waals surface area contributed by atoms with E-state index in [2.05, 4.69) is 25.3 Å². The number of nitrogens with one attached hydrogen (secondary N) is 1. The summed E-state index contributed by atoms with van der Waals surface area (Å²) in [7, 11) is 0. The van der Waals surface area contributed by atoms with E-state index in [0.29, 0.717) is 5.95 Å². The van der Waals surface area contributed by atoms with Crippen LogP contribution in [0.3, 0.4) is 0 Å². The van der Waals surface area contributed by atoms with E-state index in [1.807, 2.05) is 62.5 Å². The summed E-state index contributed by atoms with van der Waals surface area (Å²) < 4.78 is 5.71. The Hall–Kier alpha value is -3.81. The SMILES string of the molecule is Cc1ccc(Nc2cc(C)nc(N3CCC[C@H]3c3cc(-c4ccccn4)no3)n2)nc1. The number of aromatic nitrogens is 5. The molecular formula is C23H23N7O. The highest BCUT2D eigenvalue weighted by atomic mass is 16.5. The van der Waals surface area contributed by atoms with Gasteiger partial charge >= 0.3 is 0 Å². The molecule has 0 spiro atoms. The maximum atomic E-state index is 5.71. The van der Waals surface area contributed by atoms with Crippen molar-refractivity contribution in [2.45, 2.75) is 32.7 Å². The van der Waals surface area contributed by atoms with Crippen molar-refractivity contribution in [3.8, 4) is 11.4 Å². The molecule has 1 aliphatic heterocycles. The monoisotopic (exact) mass is 413 g/mol. The smallest absolute Gasteiger partial charge is 0.228 e. The van der Waals surface area contributed by atoms with Crippen LogP contribution in [0.15, 0.2) is 59.4 Å². The molecule has 5 heterocycles. The standard InChI is InChI=1S/C23H23N7O/c1-15-8-9-21(25-14-15)27-22-12-16(2)26-23(28-22)30-11-5-7-19(30)20-13-18(29-31-20)17-6-3-4-10-24-17/h3-4,6,8-10,12-14,19H,5,7,11H2,1-2H3,(H,25,26,27,28)/t19-/m0/s1. The van der Waals surface area contributed by atoms with Crippen molar-refractivity contribution in [2.24, 2.45) is 0 Å². The van der Waals surface area contributed by atoms with Gasteiger partial charge in [-0.05, 0) is 50.5 Å². The summed E-state index contributed by atoms with van der Waals surface area (Å²) in [5, 5.41) is 7.51. The van der Waals surface area contributed by atoms with Crippen molar-refractivity contribution >= 4 is 17.6 Å². The maximum absolute atomic E-state index is 5.71. The summed E-state index contributed by atoms with van der Waals surface area (Å²) in [4.78, 5) is 20.4. The second-order valence-electron chi connectivity index (χ2n) is 7.72. The Labute approximate surface area is 180 Å². The number of nitrogens with zero attached hydrogens (tertiary/aromatic N) is 6. The topological polar surface area (TPSA) is 92.9 Å². The highest BCUT2D eigenvalue weighted by Gasteiger charge is 2.32. The highest BCUT2D eigenvalue weighted by Crippen LogP contribution is 2.36. The Balaban J connectivity index is 1.41. The summed E-state index contributed by atoms with van der Waals surface area (Å²) in [5.41, 5.74) is 3.53. The molecule has 1 aliphatic rings. The van der Waals surface area contributed by atoms with E-state index in [4.69, 9.17) is 14.5 Å². The van der Waals surface area contributed by atoms with Crippen LogP contribution in [0.25, 0.3) is 11.4 Å². The van der Waals surface area contributed by atoms with Gasteiger partial charge < -0.3 is 14.7 Å². The van der Waals surface area contributed by atoms with Crippen LogP contribution in [0.5, 0.6) is 0 Å². The van der Waals surface area contributed by atoms with Gasteiger partial charge in [0.15, 0.2) is 5.76 Å². The minimum absolute atomic E-state index is 0.0390. The molecule has 0 radical (unpaired) electrons. The lowest BCUT2D eigenvalue weighted by molar-refractivity contribution is 0.362. The molecule has 1 fully saturated rings. The summed E-state index contributed by atoms with van der Waals surface area (Å²) in [6.45, 7) is 4.84. The normalized spacial score (nSPS) is 15.9. The van der Waals surface area contributed by atoms with Crippen molar-refractivity contribution in [1.82, 2.24) is 25.1 Å². The first-order valence-corrected chi connectivity index (χ1v) is 10.4. The van der Waals surface area contributed by atoms with E-state index in [-0.39, 0.29) is 6.04 Å². The Morgan fingerprint density at radius 1 is 1.00 bits per heavy atom. The second kappa shape index (κ2) is 8.14. The second-order valence-corrected chi connectivity index (χ2v) is 7.72. The fourth-order valence-corrected chi connectivity index (χ4v) is 3.80. The maximum Gasteiger partial charge on any atom is 0.228 e. The molecule has 0 saturated carbocycles. The van der Waals surface area contributed by atoms with Crippen molar-refractivity contribution in [2.75, 3.05) is 16.8 Å². The molecule has 4 aromatic rings. The molecule has 0 aromatic carbocycles. The van der Waals surface area contributed by atoms with Gasteiger partial charge in [-0.25, -0.2) is 9.97 Å². The zero-order valence-electron chi connectivity index (χ0n) is 17.5. The molecule has 1 atom stereocenters. The largest absolute Gasteiger partial charge is 0.358 e. The van der Waals surface area contributed by atoms with E-state index < -0.39 is 0 Å². The van der Waals surface area contributed by atoms with E-state index in [1.165, 1.54) is 0 Å². The molecule has 0 unspecified atom stereocenters. The van der Waals surface area contributed by atoms with Crippen LogP contribution in [-0.2, 0) is 0 Å². The van der Waals surface area contributed by atoms with Crippen LogP contribution in [-0.4, -0.2) is 31.6 Å². The lowest BCUT2D eigenvalue weighted by atomic mass is 10.1. The molecule has 0 amide bonds. The van der Waals surface area contributed by atoms with E-state index >= 15 is 0 Å². The van der Waals surface area contributed by atoms with Crippen molar-refractivity contribution < 1.29 is 4.52 Å². The third kappa shape index (κ3) is 4.09. The zero-order valence-corrected chi connectivity index (χ0v) is 17.5. The average Bonchev–Trinajstić information content (AvgIpc) is 3.45. The first kappa shape index (κ1) is 19.2. The molecule has 8 heteroatoms. The number of anilines is 3. The van der Waals surface area contributed by atoms with Crippen LogP contribution in [0.4, 0.5) is 17.6 Å². The molecule has 5 rings (SSSR count). The molecule has 156 valence electrons. The Bertz CT molecular complexity index is 1170. The molecular weight excluding hydrogens is 390 g/mol. The highest BCUT2D eigenvalue weighted by molar-refractivity contribution is 5.56. The Morgan fingerprint density at radius 2 is 1.94 bits per heavy atom. The fourth-order valence-electron chi connectivity index (χ4n) is 3.80. The molecule has 1 saturated heterocycles. The molecule has 0 bridgehead atoms. The number of hydrogen-bond donors (Lipinski definition) is 1. The van der Waals surface area contributed by atoms with Gasteiger partial charge in [-0.1, -0.05) is 17.3 Å².